The van der Waals surface area contributed by atoms with Crippen LogP contribution < -0.4 is 5.32 Å². The van der Waals surface area contributed by atoms with Crippen LogP contribution in [0.2, 0.25) is 0 Å². The molecule has 0 spiro atoms. The Bertz CT molecular complexity index is 741. The van der Waals surface area contributed by atoms with E-state index in [2.05, 4.69) is 5.32 Å². The van der Waals surface area contributed by atoms with Gasteiger partial charge in [0.05, 0.1) is 5.75 Å². The Labute approximate surface area is 153 Å². The zero-order chi connectivity index (χ0) is 18.2. The van der Waals surface area contributed by atoms with Gasteiger partial charge in [0, 0.05) is 11.4 Å². The number of rotatable bonds is 7. The Morgan fingerprint density at radius 3 is 2.48 bits per heavy atom. The minimum Gasteiger partial charge on any atom is -0.455 e. The third kappa shape index (κ3) is 6.27. The summed E-state index contributed by atoms with van der Waals surface area (Å²) >= 11 is 1.47. The Morgan fingerprint density at radius 1 is 1.04 bits per heavy atom. The summed E-state index contributed by atoms with van der Waals surface area (Å²) in [7, 11) is 0. The van der Waals surface area contributed by atoms with Crippen LogP contribution in [0.3, 0.4) is 0 Å². The van der Waals surface area contributed by atoms with Crippen LogP contribution in [0.1, 0.15) is 22.3 Å². The second kappa shape index (κ2) is 9.28. The van der Waals surface area contributed by atoms with Gasteiger partial charge in [-0.2, -0.15) is 0 Å². The molecule has 0 aromatic heterocycles. The highest BCUT2D eigenvalue weighted by atomic mass is 32.2. The van der Waals surface area contributed by atoms with Crippen LogP contribution in [-0.2, 0) is 20.1 Å². The van der Waals surface area contributed by atoms with Crippen molar-refractivity contribution in [1.82, 2.24) is 0 Å². The number of thioether (sulfide) groups is 1. The summed E-state index contributed by atoms with van der Waals surface area (Å²) in [5.41, 5.74) is 5.23. The van der Waals surface area contributed by atoms with Gasteiger partial charge in [0.15, 0.2) is 6.61 Å². The fraction of sp³-hybridized carbons (Fsp3) is 0.300. The monoisotopic (exact) mass is 357 g/mol. The SMILES string of the molecule is Cc1ccc(CSCC(=O)OCC(=O)Nc2cccc(C)c2C)cc1. The number of ether oxygens (including phenoxy) is 1. The van der Waals surface area contributed by atoms with E-state index in [9.17, 15) is 9.59 Å². The highest BCUT2D eigenvalue weighted by Crippen LogP contribution is 2.18. The van der Waals surface area contributed by atoms with Gasteiger partial charge in [-0.05, 0) is 43.5 Å². The van der Waals surface area contributed by atoms with Gasteiger partial charge in [-0.15, -0.1) is 11.8 Å². The van der Waals surface area contributed by atoms with Gasteiger partial charge in [0.2, 0.25) is 0 Å². The lowest BCUT2D eigenvalue weighted by atomic mass is 10.1. The fourth-order valence-electron chi connectivity index (χ4n) is 2.20. The van der Waals surface area contributed by atoms with Gasteiger partial charge in [-0.3, -0.25) is 9.59 Å². The van der Waals surface area contributed by atoms with E-state index in [0.29, 0.717) is 0 Å². The maximum Gasteiger partial charge on any atom is 0.316 e. The first-order chi connectivity index (χ1) is 12.0. The molecule has 4 nitrogen and oxygen atoms in total. The smallest absolute Gasteiger partial charge is 0.316 e. The van der Waals surface area contributed by atoms with Crippen LogP contribution in [-0.4, -0.2) is 24.2 Å². The molecule has 2 aromatic rings. The summed E-state index contributed by atoms with van der Waals surface area (Å²) in [6.07, 6.45) is 0. The molecule has 0 unspecified atom stereocenters. The summed E-state index contributed by atoms with van der Waals surface area (Å²) < 4.78 is 5.03. The third-order valence-electron chi connectivity index (χ3n) is 3.85. The van der Waals surface area contributed by atoms with E-state index in [1.165, 1.54) is 17.3 Å². The summed E-state index contributed by atoms with van der Waals surface area (Å²) in [5, 5.41) is 2.77. The summed E-state index contributed by atoms with van der Waals surface area (Å²) in [5.74, 6) is 0.258. The first-order valence-electron chi connectivity index (χ1n) is 8.10. The van der Waals surface area contributed by atoms with E-state index < -0.39 is 0 Å². The number of hydrogen-bond donors (Lipinski definition) is 1. The van der Waals surface area contributed by atoms with Crippen LogP contribution in [0.4, 0.5) is 5.69 Å². The molecule has 0 saturated carbocycles. The van der Waals surface area contributed by atoms with Crippen LogP contribution in [0.5, 0.6) is 0 Å². The number of aryl methyl sites for hydroxylation is 2. The molecule has 1 amide bonds. The lowest BCUT2D eigenvalue weighted by molar-refractivity contribution is -0.144. The maximum absolute atomic E-state index is 11.9. The molecule has 0 bridgehead atoms. The number of carbonyl (C=O) groups excluding carboxylic acids is 2. The van der Waals surface area contributed by atoms with Crippen molar-refractivity contribution < 1.29 is 14.3 Å². The Morgan fingerprint density at radius 2 is 1.76 bits per heavy atom. The van der Waals surface area contributed by atoms with Crippen LogP contribution in [0.15, 0.2) is 42.5 Å². The Kier molecular flexibility index (Phi) is 7.07. The van der Waals surface area contributed by atoms with Crippen molar-refractivity contribution in [2.45, 2.75) is 26.5 Å². The molecule has 132 valence electrons. The van der Waals surface area contributed by atoms with E-state index in [4.69, 9.17) is 4.74 Å². The van der Waals surface area contributed by atoms with Gasteiger partial charge in [0.1, 0.15) is 0 Å². The largest absolute Gasteiger partial charge is 0.455 e. The first-order valence-corrected chi connectivity index (χ1v) is 9.26. The van der Waals surface area contributed by atoms with Crippen molar-refractivity contribution in [2.75, 3.05) is 17.7 Å². The van der Waals surface area contributed by atoms with Gasteiger partial charge in [0.25, 0.3) is 5.91 Å². The number of amides is 1. The molecule has 0 fully saturated rings. The van der Waals surface area contributed by atoms with Crippen LogP contribution >= 0.6 is 11.8 Å². The average Bonchev–Trinajstić information content (AvgIpc) is 2.59. The summed E-state index contributed by atoms with van der Waals surface area (Å²) in [4.78, 5) is 23.7. The third-order valence-corrected chi connectivity index (χ3v) is 4.83. The highest BCUT2D eigenvalue weighted by molar-refractivity contribution is 7.99. The normalized spacial score (nSPS) is 10.4. The van der Waals surface area contributed by atoms with Crippen LogP contribution in [0.25, 0.3) is 0 Å². The van der Waals surface area contributed by atoms with E-state index >= 15 is 0 Å². The Balaban J connectivity index is 1.69. The van der Waals surface area contributed by atoms with E-state index in [-0.39, 0.29) is 24.2 Å². The Hall–Kier alpha value is -2.27. The molecule has 0 atom stereocenters. The molecule has 0 saturated heterocycles. The van der Waals surface area contributed by atoms with Gasteiger partial charge >= 0.3 is 5.97 Å². The zero-order valence-corrected chi connectivity index (χ0v) is 15.6. The first kappa shape index (κ1) is 19.1. The van der Waals surface area contributed by atoms with Crippen molar-refractivity contribution in [3.8, 4) is 0 Å². The standard InChI is InChI=1S/C20H23NO3S/c1-14-7-9-17(10-8-14)12-25-13-20(23)24-11-19(22)21-18-6-4-5-15(2)16(18)3/h4-10H,11-13H2,1-3H3,(H,21,22). The van der Waals surface area contributed by atoms with Gasteiger partial charge < -0.3 is 10.1 Å². The lowest BCUT2D eigenvalue weighted by Gasteiger charge is -2.10. The molecule has 2 rings (SSSR count). The number of anilines is 1. The second-order valence-corrected chi connectivity index (χ2v) is 6.92. The molecule has 0 radical (unpaired) electrons. The predicted molar refractivity (Wildman–Crippen MR) is 103 cm³/mol. The number of esters is 1. The summed E-state index contributed by atoms with van der Waals surface area (Å²) in [6.45, 7) is 5.70. The lowest BCUT2D eigenvalue weighted by Crippen LogP contribution is -2.22. The van der Waals surface area contributed by atoms with E-state index in [1.807, 2.05) is 63.2 Å². The molecule has 0 aliphatic rings. The molecular weight excluding hydrogens is 334 g/mol. The van der Waals surface area contributed by atoms with Crippen molar-refractivity contribution in [1.29, 1.82) is 0 Å². The number of hydrogen-bond acceptors (Lipinski definition) is 4. The number of carbonyl (C=O) groups is 2. The van der Waals surface area contributed by atoms with Gasteiger partial charge in [-0.1, -0.05) is 42.0 Å². The zero-order valence-electron chi connectivity index (χ0n) is 14.8. The van der Waals surface area contributed by atoms with Crippen molar-refractivity contribution in [3.63, 3.8) is 0 Å². The van der Waals surface area contributed by atoms with Crippen molar-refractivity contribution >= 4 is 29.3 Å². The second-order valence-electron chi connectivity index (χ2n) is 5.93. The van der Waals surface area contributed by atoms with E-state index in [0.717, 1.165) is 28.1 Å². The molecule has 25 heavy (non-hydrogen) atoms. The minimum atomic E-state index is -0.381. The van der Waals surface area contributed by atoms with Crippen molar-refractivity contribution in [2.24, 2.45) is 0 Å². The van der Waals surface area contributed by atoms with Gasteiger partial charge in [-0.25, -0.2) is 0 Å². The number of nitrogens with one attached hydrogen (secondary N) is 1. The topological polar surface area (TPSA) is 55.4 Å². The molecule has 0 aliphatic heterocycles. The number of benzene rings is 2. The highest BCUT2D eigenvalue weighted by Gasteiger charge is 2.10. The molecule has 0 aliphatic carbocycles. The molecule has 5 heteroatoms. The molecular formula is C20H23NO3S. The predicted octanol–water partition coefficient (Wildman–Crippen LogP) is 4.03. The van der Waals surface area contributed by atoms with Crippen molar-refractivity contribution in [3.05, 3.63) is 64.7 Å². The van der Waals surface area contributed by atoms with Crippen LogP contribution in [0, 0.1) is 20.8 Å². The fourth-order valence-corrected chi connectivity index (χ4v) is 2.98. The molecule has 0 heterocycles. The minimum absolute atomic E-state index is 0.227. The quantitative estimate of drug-likeness (QED) is 0.760. The molecule has 1 N–H and O–H groups in total. The molecule has 2 aromatic carbocycles. The van der Waals surface area contributed by atoms with E-state index in [1.54, 1.807) is 0 Å². The average molecular weight is 357 g/mol. The summed E-state index contributed by atoms with van der Waals surface area (Å²) in [6, 6.07) is 13.9. The maximum atomic E-state index is 11.9.